The van der Waals surface area contributed by atoms with Gasteiger partial charge in [-0.25, -0.2) is 0 Å². The Labute approximate surface area is 155 Å². The van der Waals surface area contributed by atoms with Gasteiger partial charge in [0.25, 0.3) is 5.91 Å². The second-order valence-electron chi connectivity index (χ2n) is 6.56. The van der Waals surface area contributed by atoms with Crippen LogP contribution in [-0.2, 0) is 6.18 Å². The van der Waals surface area contributed by atoms with E-state index in [1.54, 1.807) is 12.1 Å². The van der Waals surface area contributed by atoms with Gasteiger partial charge in [-0.3, -0.25) is 4.79 Å². The highest BCUT2D eigenvalue weighted by Gasteiger charge is 2.30. The number of carbonyl (C=O) groups is 1. The van der Waals surface area contributed by atoms with Crippen LogP contribution in [0, 0.1) is 0 Å². The van der Waals surface area contributed by atoms with Crippen molar-refractivity contribution in [3.8, 4) is 0 Å². The highest BCUT2D eigenvalue weighted by Crippen LogP contribution is 2.30. The molecule has 1 unspecified atom stereocenters. The molecule has 3 rings (SSSR count). The maximum atomic E-state index is 12.6. The van der Waals surface area contributed by atoms with Gasteiger partial charge < -0.3 is 10.2 Å². The molecule has 1 aliphatic heterocycles. The highest BCUT2D eigenvalue weighted by atomic mass is 19.4. The lowest BCUT2D eigenvalue weighted by Gasteiger charge is -2.35. The van der Waals surface area contributed by atoms with Crippen LogP contribution in [0.4, 0.5) is 24.7 Å². The van der Waals surface area contributed by atoms with Gasteiger partial charge in [0.05, 0.1) is 5.56 Å². The fraction of sp³-hybridized carbons (Fsp3) is 0.421. The highest BCUT2D eigenvalue weighted by molar-refractivity contribution is 6.02. The summed E-state index contributed by atoms with van der Waals surface area (Å²) in [5, 5.41) is 10.7. The molecule has 0 bridgehead atoms. The number of hydrogen-bond acceptors (Lipinski definition) is 4. The normalized spacial score (nSPS) is 17.6. The van der Waals surface area contributed by atoms with E-state index in [9.17, 15) is 18.0 Å². The van der Waals surface area contributed by atoms with Gasteiger partial charge >= 0.3 is 6.18 Å². The standard InChI is InChI=1S/C19H21F3N4O/c1-2-15-5-3-4-12-26(15)17-11-10-16(24-25-17)18(27)23-14-8-6-13(7-9-14)19(20,21)22/h6-11,15H,2-5,12H2,1H3,(H,23,27). The lowest BCUT2D eigenvalue weighted by molar-refractivity contribution is -0.137. The number of carbonyl (C=O) groups excluding carboxylic acids is 1. The summed E-state index contributed by atoms with van der Waals surface area (Å²) < 4.78 is 37.7. The third kappa shape index (κ3) is 4.56. The van der Waals surface area contributed by atoms with Crippen LogP contribution in [0.2, 0.25) is 0 Å². The Hall–Kier alpha value is -2.64. The number of anilines is 2. The first-order chi connectivity index (χ1) is 12.9. The minimum atomic E-state index is -4.41. The first-order valence-electron chi connectivity index (χ1n) is 8.97. The fourth-order valence-electron chi connectivity index (χ4n) is 3.26. The van der Waals surface area contributed by atoms with Gasteiger partial charge in [0.1, 0.15) is 0 Å². The average Bonchev–Trinajstić information content (AvgIpc) is 2.68. The number of alkyl halides is 3. The number of hydrogen-bond donors (Lipinski definition) is 1. The van der Waals surface area contributed by atoms with Gasteiger partial charge in [-0.05, 0) is 62.1 Å². The second kappa shape index (κ2) is 7.94. The molecule has 27 heavy (non-hydrogen) atoms. The summed E-state index contributed by atoms with van der Waals surface area (Å²) in [5.74, 6) is 0.229. The zero-order valence-electron chi connectivity index (χ0n) is 15.0. The maximum absolute atomic E-state index is 12.6. The molecule has 8 heteroatoms. The molecule has 1 aromatic carbocycles. The summed E-state index contributed by atoms with van der Waals surface area (Å²) in [6.45, 7) is 3.06. The molecule has 2 aromatic rings. The fourth-order valence-corrected chi connectivity index (χ4v) is 3.26. The molecule has 0 saturated carbocycles. The Morgan fingerprint density at radius 3 is 2.48 bits per heavy atom. The van der Waals surface area contributed by atoms with E-state index >= 15 is 0 Å². The van der Waals surface area contributed by atoms with Gasteiger partial charge in [-0.2, -0.15) is 13.2 Å². The lowest BCUT2D eigenvalue weighted by Crippen LogP contribution is -2.39. The Kier molecular flexibility index (Phi) is 5.62. The molecule has 144 valence electrons. The largest absolute Gasteiger partial charge is 0.416 e. The Morgan fingerprint density at radius 1 is 1.15 bits per heavy atom. The Morgan fingerprint density at radius 2 is 1.89 bits per heavy atom. The number of nitrogens with zero attached hydrogens (tertiary/aromatic N) is 3. The molecule has 2 heterocycles. The average molecular weight is 378 g/mol. The van der Waals surface area contributed by atoms with Crippen LogP contribution in [-0.4, -0.2) is 28.7 Å². The minimum Gasteiger partial charge on any atom is -0.352 e. The van der Waals surface area contributed by atoms with Crippen molar-refractivity contribution in [2.45, 2.75) is 44.8 Å². The molecule has 0 aliphatic carbocycles. The number of aromatic nitrogens is 2. The number of halogens is 3. The van der Waals surface area contributed by atoms with Crippen LogP contribution in [0.3, 0.4) is 0 Å². The maximum Gasteiger partial charge on any atom is 0.416 e. The smallest absolute Gasteiger partial charge is 0.352 e. The number of rotatable bonds is 4. The van der Waals surface area contributed by atoms with Gasteiger partial charge in [-0.15, -0.1) is 10.2 Å². The topological polar surface area (TPSA) is 58.1 Å². The van der Waals surface area contributed by atoms with E-state index in [1.807, 2.05) is 0 Å². The Balaban J connectivity index is 1.67. The van der Waals surface area contributed by atoms with E-state index in [1.165, 1.54) is 18.6 Å². The molecule has 5 nitrogen and oxygen atoms in total. The molecule has 1 atom stereocenters. The van der Waals surface area contributed by atoms with Crippen molar-refractivity contribution in [3.05, 3.63) is 47.7 Å². The van der Waals surface area contributed by atoms with Crippen LogP contribution in [0.5, 0.6) is 0 Å². The predicted molar refractivity (Wildman–Crippen MR) is 96.7 cm³/mol. The molecule has 1 fully saturated rings. The van der Waals surface area contributed by atoms with Crippen molar-refractivity contribution in [2.75, 3.05) is 16.8 Å². The number of benzene rings is 1. The minimum absolute atomic E-state index is 0.115. The summed E-state index contributed by atoms with van der Waals surface area (Å²) in [4.78, 5) is 14.5. The first kappa shape index (κ1) is 19.1. The van der Waals surface area contributed by atoms with E-state index in [0.717, 1.165) is 43.8 Å². The molecule has 1 aliphatic rings. The molecule has 1 aromatic heterocycles. The summed E-state index contributed by atoms with van der Waals surface area (Å²) in [6.07, 6.45) is 0.0468. The van der Waals surface area contributed by atoms with Crippen LogP contribution < -0.4 is 10.2 Å². The second-order valence-corrected chi connectivity index (χ2v) is 6.56. The van der Waals surface area contributed by atoms with Gasteiger partial charge in [0, 0.05) is 18.3 Å². The summed E-state index contributed by atoms with van der Waals surface area (Å²) in [6, 6.07) is 8.05. The zero-order chi connectivity index (χ0) is 19.4. The molecular weight excluding hydrogens is 357 g/mol. The van der Waals surface area contributed by atoms with Crippen molar-refractivity contribution in [1.29, 1.82) is 0 Å². The first-order valence-corrected chi connectivity index (χ1v) is 8.97. The van der Waals surface area contributed by atoms with Crippen LogP contribution in [0.1, 0.15) is 48.7 Å². The van der Waals surface area contributed by atoms with E-state index < -0.39 is 17.6 Å². The van der Waals surface area contributed by atoms with Crippen LogP contribution in [0.25, 0.3) is 0 Å². The molecule has 0 spiro atoms. The van der Waals surface area contributed by atoms with Crippen molar-refractivity contribution in [2.24, 2.45) is 0 Å². The van der Waals surface area contributed by atoms with Gasteiger partial charge in [-0.1, -0.05) is 6.92 Å². The molecule has 0 radical (unpaired) electrons. The number of nitrogens with one attached hydrogen (secondary N) is 1. The summed E-state index contributed by atoms with van der Waals surface area (Å²) >= 11 is 0. The quantitative estimate of drug-likeness (QED) is 0.850. The third-order valence-corrected chi connectivity index (χ3v) is 4.75. The van der Waals surface area contributed by atoms with E-state index in [4.69, 9.17) is 0 Å². The molecular formula is C19H21F3N4O. The SMILES string of the molecule is CCC1CCCCN1c1ccc(C(=O)Nc2ccc(C(F)(F)F)cc2)nn1. The van der Waals surface area contributed by atoms with Crippen LogP contribution >= 0.6 is 0 Å². The van der Waals surface area contributed by atoms with E-state index in [0.29, 0.717) is 6.04 Å². The van der Waals surface area contributed by atoms with Gasteiger partial charge in [0.2, 0.25) is 0 Å². The zero-order valence-corrected chi connectivity index (χ0v) is 15.0. The van der Waals surface area contributed by atoms with Crippen LogP contribution in [0.15, 0.2) is 36.4 Å². The molecule has 1 saturated heterocycles. The van der Waals surface area contributed by atoms with E-state index in [2.05, 4.69) is 27.3 Å². The molecule has 1 amide bonds. The van der Waals surface area contributed by atoms with Crippen molar-refractivity contribution < 1.29 is 18.0 Å². The Bertz CT molecular complexity index is 775. The monoisotopic (exact) mass is 378 g/mol. The van der Waals surface area contributed by atoms with Gasteiger partial charge in [0.15, 0.2) is 11.5 Å². The number of amides is 1. The summed E-state index contributed by atoms with van der Waals surface area (Å²) in [7, 11) is 0. The number of piperidine rings is 1. The molecule has 1 N–H and O–H groups in total. The van der Waals surface area contributed by atoms with Crippen molar-refractivity contribution >= 4 is 17.4 Å². The predicted octanol–water partition coefficient (Wildman–Crippen LogP) is 4.52. The third-order valence-electron chi connectivity index (χ3n) is 4.75. The van der Waals surface area contributed by atoms with Crippen molar-refractivity contribution in [1.82, 2.24) is 10.2 Å². The lowest BCUT2D eigenvalue weighted by atomic mass is 10.0. The van der Waals surface area contributed by atoms with Crippen molar-refractivity contribution in [3.63, 3.8) is 0 Å². The van der Waals surface area contributed by atoms with E-state index in [-0.39, 0.29) is 11.4 Å². The summed E-state index contributed by atoms with van der Waals surface area (Å²) in [5.41, 5.74) is -0.388.